The van der Waals surface area contributed by atoms with Gasteiger partial charge in [0.1, 0.15) is 0 Å². The normalized spacial score (nSPS) is 12.1. The molecule has 0 saturated heterocycles. The molecule has 3 aromatic rings. The van der Waals surface area contributed by atoms with E-state index in [1.807, 2.05) is 39.0 Å². The fourth-order valence-electron chi connectivity index (χ4n) is 3.63. The van der Waals surface area contributed by atoms with Gasteiger partial charge in [-0.15, -0.1) is 0 Å². The van der Waals surface area contributed by atoms with Gasteiger partial charge in [0.2, 0.25) is 0 Å². The van der Waals surface area contributed by atoms with Gasteiger partial charge in [-0.25, -0.2) is 0 Å². The average molecular weight is 439 g/mol. The van der Waals surface area contributed by atoms with Crippen molar-refractivity contribution in [1.29, 1.82) is 0 Å². The Morgan fingerprint density at radius 2 is 0.800 bits per heavy atom. The summed E-state index contributed by atoms with van der Waals surface area (Å²) in [5, 5.41) is 3.37. The van der Waals surface area contributed by atoms with Crippen LogP contribution in [0.25, 0.3) is 0 Å². The molecule has 0 spiro atoms. The Kier molecular flexibility index (Phi) is 8.15. The van der Waals surface area contributed by atoms with Gasteiger partial charge in [-0.05, 0) is 36.3 Å². The van der Waals surface area contributed by atoms with Crippen LogP contribution < -0.4 is 15.6 Å². The molecule has 0 aliphatic rings. The van der Waals surface area contributed by atoms with Gasteiger partial charge in [0, 0.05) is 19.8 Å². The quantitative estimate of drug-likeness (QED) is 0.340. The first-order valence-corrected chi connectivity index (χ1v) is 14.0. The largest absolute Gasteiger partial charge is 0.669 e. The van der Waals surface area contributed by atoms with Crippen molar-refractivity contribution in [3.05, 3.63) is 91.0 Å². The van der Waals surface area contributed by atoms with Crippen LogP contribution >= 0.6 is 0 Å². The van der Waals surface area contributed by atoms with E-state index in [2.05, 4.69) is 72.8 Å². The van der Waals surface area contributed by atoms with Crippen LogP contribution in [0.15, 0.2) is 91.0 Å². The molecule has 0 N–H and O–H groups in total. The minimum Gasteiger partial charge on any atom is -0.381 e. The van der Waals surface area contributed by atoms with Gasteiger partial charge in [0.05, 0.1) is 0 Å². The van der Waals surface area contributed by atoms with E-state index in [1.165, 1.54) is 0 Å². The van der Waals surface area contributed by atoms with Crippen molar-refractivity contribution < 1.29 is 17.4 Å². The molecule has 0 heterocycles. The van der Waals surface area contributed by atoms with E-state index in [1.54, 1.807) is 0 Å². The van der Waals surface area contributed by atoms with E-state index >= 15 is 0 Å². The number of hydrogen-bond acceptors (Lipinski definition) is 4. The zero-order chi connectivity index (χ0) is 21.3. The second kappa shape index (κ2) is 10.8. The van der Waals surface area contributed by atoms with Gasteiger partial charge in [0.25, 0.3) is 8.32 Å². The van der Waals surface area contributed by atoms with Crippen molar-refractivity contribution in [3.63, 3.8) is 0 Å². The lowest BCUT2D eigenvalue weighted by Gasteiger charge is -2.39. The summed E-state index contributed by atoms with van der Waals surface area (Å²) in [6.45, 7) is 7.19. The number of rotatable bonds is 11. The predicted molar refractivity (Wildman–Crippen MR) is 126 cm³/mol. The molecule has 0 radical (unpaired) electrons. The third-order valence-corrected chi connectivity index (χ3v) is 12.4. The molecule has 0 aromatic heterocycles. The molecular formula is C24H30O4Si2. The Balaban J connectivity index is 2.30. The second-order valence-electron chi connectivity index (χ2n) is 6.68. The van der Waals surface area contributed by atoms with Crippen LogP contribution in [0.5, 0.6) is 0 Å². The minimum atomic E-state index is -3.42. The molecular weight excluding hydrogens is 408 g/mol. The van der Waals surface area contributed by atoms with E-state index in [4.69, 9.17) is 17.4 Å². The molecule has 0 amide bonds. The lowest BCUT2D eigenvalue weighted by Crippen LogP contribution is -2.74. The molecule has 3 rings (SSSR count). The van der Waals surface area contributed by atoms with Crippen molar-refractivity contribution in [1.82, 2.24) is 0 Å². The van der Waals surface area contributed by atoms with Crippen LogP contribution in [0.4, 0.5) is 0 Å². The summed E-state index contributed by atoms with van der Waals surface area (Å²) >= 11 is 0. The minimum absolute atomic E-state index is 0.453. The van der Waals surface area contributed by atoms with Crippen molar-refractivity contribution in [2.45, 2.75) is 20.8 Å². The maximum atomic E-state index is 7.12. The highest BCUT2D eigenvalue weighted by Gasteiger charge is 2.55. The van der Waals surface area contributed by atoms with Crippen LogP contribution in [-0.2, 0) is 17.4 Å². The number of hydrogen-bond donors (Lipinski definition) is 0. The monoisotopic (exact) mass is 438 g/mol. The standard InChI is InChI=1S/C24H30O4Si2/c1-4-25-30(26-5-2,27-6-3)28-29(22-16-10-7-11-17-22,23-18-12-8-13-19-23)24-20-14-9-15-21-24/h7-21H,4-6H2,1-3H3. The Labute approximate surface area is 182 Å². The zero-order valence-electron chi connectivity index (χ0n) is 17.9. The molecule has 158 valence electrons. The zero-order valence-corrected chi connectivity index (χ0v) is 19.9. The first-order chi connectivity index (χ1) is 14.7. The smallest absolute Gasteiger partial charge is 0.381 e. The first kappa shape index (κ1) is 22.6. The molecule has 30 heavy (non-hydrogen) atoms. The summed E-state index contributed by atoms with van der Waals surface area (Å²) in [5.74, 6) is 0. The van der Waals surface area contributed by atoms with Gasteiger partial charge in [-0.2, -0.15) is 0 Å². The van der Waals surface area contributed by atoms with E-state index in [9.17, 15) is 0 Å². The summed E-state index contributed by atoms with van der Waals surface area (Å²) in [4.78, 5) is 0. The van der Waals surface area contributed by atoms with Crippen molar-refractivity contribution in [2.24, 2.45) is 0 Å². The van der Waals surface area contributed by atoms with Gasteiger partial charge >= 0.3 is 9.05 Å². The van der Waals surface area contributed by atoms with E-state index in [0.717, 1.165) is 15.6 Å². The van der Waals surface area contributed by atoms with Crippen LogP contribution in [0, 0.1) is 0 Å². The molecule has 0 unspecified atom stereocenters. The molecule has 0 atom stereocenters. The molecule has 3 aromatic carbocycles. The molecule has 0 bridgehead atoms. The third kappa shape index (κ3) is 4.80. The van der Waals surface area contributed by atoms with Gasteiger partial charge in [-0.3, -0.25) is 0 Å². The Morgan fingerprint density at radius 1 is 0.500 bits per heavy atom. The second-order valence-corrected chi connectivity index (χ2v) is 12.5. The molecule has 6 heteroatoms. The fraction of sp³-hybridized carbons (Fsp3) is 0.250. The highest BCUT2D eigenvalue weighted by atomic mass is 28.5. The lowest BCUT2D eigenvalue weighted by atomic mass is 10.3. The van der Waals surface area contributed by atoms with Gasteiger partial charge in [-0.1, -0.05) is 91.0 Å². The van der Waals surface area contributed by atoms with Crippen LogP contribution in [-0.4, -0.2) is 37.2 Å². The highest BCUT2D eigenvalue weighted by Crippen LogP contribution is 2.20. The lowest BCUT2D eigenvalue weighted by molar-refractivity contribution is 0.00881. The van der Waals surface area contributed by atoms with Crippen LogP contribution in [0.2, 0.25) is 0 Å². The van der Waals surface area contributed by atoms with Crippen LogP contribution in [0.1, 0.15) is 20.8 Å². The predicted octanol–water partition coefficient (Wildman–Crippen LogP) is 3.22. The van der Waals surface area contributed by atoms with Crippen LogP contribution in [0.3, 0.4) is 0 Å². The van der Waals surface area contributed by atoms with E-state index < -0.39 is 17.4 Å². The van der Waals surface area contributed by atoms with Gasteiger partial charge in [0.15, 0.2) is 0 Å². The highest BCUT2D eigenvalue weighted by molar-refractivity contribution is 7.09. The topological polar surface area (TPSA) is 36.9 Å². The fourth-order valence-corrected chi connectivity index (χ4v) is 11.5. The Bertz CT molecular complexity index is 762. The molecule has 0 aliphatic carbocycles. The summed E-state index contributed by atoms with van der Waals surface area (Å²) < 4.78 is 25.5. The van der Waals surface area contributed by atoms with Crippen molar-refractivity contribution in [2.75, 3.05) is 19.8 Å². The summed E-state index contributed by atoms with van der Waals surface area (Å²) in [5.41, 5.74) is 0. The Hall–Kier alpha value is -2.07. The molecule has 0 fully saturated rings. The average Bonchev–Trinajstić information content (AvgIpc) is 2.80. The molecule has 0 aliphatic heterocycles. The molecule has 0 saturated carbocycles. The number of benzene rings is 3. The molecule has 4 nitrogen and oxygen atoms in total. The van der Waals surface area contributed by atoms with Gasteiger partial charge < -0.3 is 17.4 Å². The summed E-state index contributed by atoms with van der Waals surface area (Å²) in [6, 6.07) is 31.2. The van der Waals surface area contributed by atoms with E-state index in [-0.39, 0.29) is 0 Å². The van der Waals surface area contributed by atoms with E-state index in [0.29, 0.717) is 19.8 Å². The summed E-state index contributed by atoms with van der Waals surface area (Å²) in [7, 11) is -6.40. The summed E-state index contributed by atoms with van der Waals surface area (Å²) in [6.07, 6.45) is 0. The Morgan fingerprint density at radius 3 is 1.07 bits per heavy atom. The first-order valence-electron chi connectivity index (χ1n) is 10.5. The maximum absolute atomic E-state index is 7.12. The van der Waals surface area contributed by atoms with Crippen molar-refractivity contribution in [3.8, 4) is 0 Å². The van der Waals surface area contributed by atoms with Crippen molar-refractivity contribution >= 4 is 32.9 Å². The maximum Gasteiger partial charge on any atom is 0.669 e. The SMILES string of the molecule is CCO[Si](OCC)(OCC)O[Si](c1ccccc1)(c1ccccc1)c1ccccc1. The third-order valence-electron chi connectivity index (χ3n) is 4.78.